The third kappa shape index (κ3) is 3.28. The van der Waals surface area contributed by atoms with Crippen LogP contribution in [0.1, 0.15) is 6.42 Å². The lowest BCUT2D eigenvalue weighted by Crippen LogP contribution is -2.22. The van der Waals surface area contributed by atoms with Gasteiger partial charge in [0.15, 0.2) is 0 Å². The maximum atomic E-state index is 4.44. The third-order valence-electron chi connectivity index (χ3n) is 3.51. The summed E-state index contributed by atoms with van der Waals surface area (Å²) in [6, 6.07) is 17.3. The molecule has 22 heavy (non-hydrogen) atoms. The highest BCUT2D eigenvalue weighted by molar-refractivity contribution is 7.99. The van der Waals surface area contributed by atoms with E-state index in [0.29, 0.717) is 0 Å². The first-order valence-electron chi connectivity index (χ1n) is 7.55. The number of aliphatic imine (C=N–C) groups is 1. The number of nitrogens with zero attached hydrogens (tertiary/aromatic N) is 3. The fourth-order valence-electron chi connectivity index (χ4n) is 2.56. The Kier molecular flexibility index (Phi) is 4.68. The number of benzene rings is 2. The van der Waals surface area contributed by atoms with E-state index in [2.05, 4.69) is 58.4 Å². The second-order valence-corrected chi connectivity index (χ2v) is 6.61. The highest BCUT2D eigenvalue weighted by atomic mass is 32.2. The largest absolute Gasteiger partial charge is 0.369 e. The lowest BCUT2D eigenvalue weighted by atomic mass is 10.2. The number of para-hydroxylation sites is 2. The second-order valence-electron chi connectivity index (χ2n) is 5.53. The van der Waals surface area contributed by atoms with Crippen LogP contribution in [0.4, 0.5) is 11.4 Å². The minimum Gasteiger partial charge on any atom is -0.369 e. The van der Waals surface area contributed by atoms with Gasteiger partial charge in [-0.3, -0.25) is 4.99 Å². The van der Waals surface area contributed by atoms with Crippen LogP contribution in [-0.4, -0.2) is 38.4 Å². The molecule has 2 aromatic carbocycles. The normalized spacial score (nSPS) is 13.1. The molecule has 0 saturated carbocycles. The van der Waals surface area contributed by atoms with Gasteiger partial charge in [-0.15, -0.1) is 0 Å². The first-order valence-corrected chi connectivity index (χ1v) is 8.37. The van der Waals surface area contributed by atoms with Crippen molar-refractivity contribution in [3.8, 4) is 0 Å². The van der Waals surface area contributed by atoms with Gasteiger partial charge < -0.3 is 9.80 Å². The summed E-state index contributed by atoms with van der Waals surface area (Å²) >= 11 is 1.86. The molecule has 1 aliphatic rings. The van der Waals surface area contributed by atoms with Crippen molar-refractivity contribution in [1.82, 2.24) is 4.90 Å². The van der Waals surface area contributed by atoms with Crippen molar-refractivity contribution < 1.29 is 0 Å². The maximum absolute atomic E-state index is 4.44. The van der Waals surface area contributed by atoms with Crippen molar-refractivity contribution in [3.05, 3.63) is 48.5 Å². The van der Waals surface area contributed by atoms with Crippen LogP contribution in [0.25, 0.3) is 0 Å². The van der Waals surface area contributed by atoms with E-state index in [1.165, 1.54) is 21.2 Å². The van der Waals surface area contributed by atoms with Crippen LogP contribution in [0, 0.1) is 0 Å². The number of hydrogen-bond acceptors (Lipinski definition) is 3. The first-order chi connectivity index (χ1) is 10.8. The molecule has 0 aliphatic carbocycles. The van der Waals surface area contributed by atoms with Crippen LogP contribution in [0.2, 0.25) is 0 Å². The van der Waals surface area contributed by atoms with E-state index in [0.717, 1.165) is 19.5 Å². The Bertz CT molecular complexity index is 621. The van der Waals surface area contributed by atoms with E-state index in [9.17, 15) is 0 Å². The Morgan fingerprint density at radius 1 is 1.00 bits per heavy atom. The zero-order valence-corrected chi connectivity index (χ0v) is 13.9. The molecule has 0 spiro atoms. The highest BCUT2D eigenvalue weighted by Crippen LogP contribution is 2.47. The van der Waals surface area contributed by atoms with E-state index >= 15 is 0 Å². The molecule has 114 valence electrons. The van der Waals surface area contributed by atoms with E-state index in [1.54, 1.807) is 0 Å². The van der Waals surface area contributed by atoms with Crippen LogP contribution in [0.5, 0.6) is 0 Å². The van der Waals surface area contributed by atoms with Gasteiger partial charge in [-0.25, -0.2) is 0 Å². The molecule has 0 unspecified atom stereocenters. The molecule has 0 atom stereocenters. The van der Waals surface area contributed by atoms with Gasteiger partial charge in [0.25, 0.3) is 0 Å². The van der Waals surface area contributed by atoms with E-state index in [-0.39, 0.29) is 0 Å². The number of rotatable bonds is 5. The van der Waals surface area contributed by atoms with Crippen molar-refractivity contribution in [3.63, 3.8) is 0 Å². The smallest absolute Gasteiger partial charge is 0.0844 e. The van der Waals surface area contributed by atoms with Crippen molar-refractivity contribution in [2.45, 2.75) is 16.2 Å². The Labute approximate surface area is 136 Å². The molecule has 4 heteroatoms. The molecular formula is C18H21N3S. The van der Waals surface area contributed by atoms with Gasteiger partial charge in [0.05, 0.1) is 17.7 Å². The van der Waals surface area contributed by atoms with Gasteiger partial charge in [-0.2, -0.15) is 0 Å². The van der Waals surface area contributed by atoms with Gasteiger partial charge in [0.1, 0.15) is 0 Å². The summed E-state index contributed by atoms with van der Waals surface area (Å²) in [6.07, 6.45) is 2.92. The standard InChI is InChI=1S/C18H21N3S/c1-20(2)14-19-12-7-13-21-15-8-3-5-10-17(15)22-18-11-6-4-9-16(18)21/h3-6,8-11,14H,7,12-13H2,1-2H3. The van der Waals surface area contributed by atoms with Gasteiger partial charge in [0, 0.05) is 37.0 Å². The van der Waals surface area contributed by atoms with Gasteiger partial charge in [0.2, 0.25) is 0 Å². The highest BCUT2D eigenvalue weighted by Gasteiger charge is 2.21. The molecule has 0 fully saturated rings. The summed E-state index contributed by atoms with van der Waals surface area (Å²) in [5, 5.41) is 0. The van der Waals surface area contributed by atoms with Crippen LogP contribution in [-0.2, 0) is 0 Å². The molecule has 1 aliphatic heterocycles. The lowest BCUT2D eigenvalue weighted by molar-refractivity contribution is 0.637. The van der Waals surface area contributed by atoms with E-state index in [4.69, 9.17) is 0 Å². The van der Waals surface area contributed by atoms with Crippen molar-refractivity contribution in [1.29, 1.82) is 0 Å². The molecular weight excluding hydrogens is 290 g/mol. The molecule has 3 rings (SSSR count). The number of anilines is 2. The summed E-state index contributed by atoms with van der Waals surface area (Å²) in [5.41, 5.74) is 2.62. The Morgan fingerprint density at radius 2 is 1.59 bits per heavy atom. The number of fused-ring (bicyclic) bond motifs is 2. The predicted molar refractivity (Wildman–Crippen MR) is 95.7 cm³/mol. The molecule has 2 aromatic rings. The Hall–Kier alpha value is -1.94. The van der Waals surface area contributed by atoms with E-state index < -0.39 is 0 Å². The van der Waals surface area contributed by atoms with Crippen molar-refractivity contribution >= 4 is 29.5 Å². The van der Waals surface area contributed by atoms with E-state index in [1.807, 2.05) is 37.1 Å². The summed E-state index contributed by atoms with van der Waals surface area (Å²) in [4.78, 5) is 11.5. The molecule has 0 saturated heterocycles. The lowest BCUT2D eigenvalue weighted by Gasteiger charge is -2.32. The minimum atomic E-state index is 0.853. The number of hydrogen-bond donors (Lipinski definition) is 0. The zero-order chi connectivity index (χ0) is 15.4. The molecule has 1 heterocycles. The fraction of sp³-hybridized carbons (Fsp3) is 0.278. The Morgan fingerprint density at radius 3 is 2.18 bits per heavy atom. The molecule has 0 bridgehead atoms. The first kappa shape index (κ1) is 15.0. The van der Waals surface area contributed by atoms with Crippen LogP contribution < -0.4 is 4.90 Å². The quantitative estimate of drug-likeness (QED) is 0.467. The van der Waals surface area contributed by atoms with Gasteiger partial charge in [-0.05, 0) is 30.7 Å². The van der Waals surface area contributed by atoms with Crippen molar-refractivity contribution in [2.75, 3.05) is 32.1 Å². The molecule has 3 nitrogen and oxygen atoms in total. The summed E-state index contributed by atoms with van der Waals surface area (Å²) in [7, 11) is 4.00. The zero-order valence-electron chi connectivity index (χ0n) is 13.1. The maximum Gasteiger partial charge on any atom is 0.0844 e. The fourth-order valence-corrected chi connectivity index (χ4v) is 3.66. The average molecular weight is 311 g/mol. The Balaban J connectivity index is 1.78. The monoisotopic (exact) mass is 311 g/mol. The summed E-state index contributed by atoms with van der Waals surface area (Å²) in [5.74, 6) is 0. The minimum absolute atomic E-state index is 0.853. The molecule has 0 amide bonds. The predicted octanol–water partition coefficient (Wildman–Crippen LogP) is 4.27. The van der Waals surface area contributed by atoms with Gasteiger partial charge >= 0.3 is 0 Å². The van der Waals surface area contributed by atoms with Crippen LogP contribution >= 0.6 is 11.8 Å². The molecule has 0 N–H and O–H groups in total. The second kappa shape index (κ2) is 6.88. The van der Waals surface area contributed by atoms with Crippen molar-refractivity contribution in [2.24, 2.45) is 4.99 Å². The van der Waals surface area contributed by atoms with Crippen LogP contribution in [0.15, 0.2) is 63.3 Å². The summed E-state index contributed by atoms with van der Waals surface area (Å²) < 4.78 is 0. The molecule has 0 aromatic heterocycles. The van der Waals surface area contributed by atoms with Crippen LogP contribution in [0.3, 0.4) is 0 Å². The summed E-state index contributed by atoms with van der Waals surface area (Å²) in [6.45, 7) is 1.84. The SMILES string of the molecule is CN(C)C=NCCCN1c2ccccc2Sc2ccccc21. The van der Waals surface area contributed by atoms with Gasteiger partial charge in [-0.1, -0.05) is 36.0 Å². The topological polar surface area (TPSA) is 18.8 Å². The average Bonchev–Trinajstić information content (AvgIpc) is 2.53. The third-order valence-corrected chi connectivity index (χ3v) is 4.64. The molecule has 0 radical (unpaired) electrons.